The molecule has 6 nitrogen and oxygen atoms in total. The van der Waals surface area contributed by atoms with Gasteiger partial charge in [0.15, 0.2) is 0 Å². The predicted molar refractivity (Wildman–Crippen MR) is 153 cm³/mol. The fourth-order valence-corrected chi connectivity index (χ4v) is 5.14. The minimum atomic E-state index is 0.676. The summed E-state index contributed by atoms with van der Waals surface area (Å²) in [5.74, 6) is 0.676. The Balaban J connectivity index is 1.45. The number of anilines is 2. The van der Waals surface area contributed by atoms with Gasteiger partial charge in [-0.15, -0.1) is 0 Å². The van der Waals surface area contributed by atoms with Crippen molar-refractivity contribution in [2.24, 2.45) is 11.0 Å². The fourth-order valence-electron chi connectivity index (χ4n) is 5.14. The van der Waals surface area contributed by atoms with E-state index >= 15 is 0 Å². The first kappa shape index (κ1) is 23.2. The number of fused-ring (bicyclic) bond motifs is 4. The van der Waals surface area contributed by atoms with Gasteiger partial charge in [-0.2, -0.15) is 20.5 Å². The highest BCUT2D eigenvalue weighted by Gasteiger charge is 2.14. The number of rotatable bonds is 7. The van der Waals surface area contributed by atoms with Gasteiger partial charge in [0.25, 0.3) is 0 Å². The first-order valence-corrected chi connectivity index (χ1v) is 13.1. The summed E-state index contributed by atoms with van der Waals surface area (Å²) in [6, 6.07) is 23.1. The van der Waals surface area contributed by atoms with E-state index in [1.165, 1.54) is 27.9 Å². The summed E-state index contributed by atoms with van der Waals surface area (Å²) in [5, 5.41) is 22.4. The molecule has 0 atom stereocenters. The van der Waals surface area contributed by atoms with Crippen LogP contribution in [0.3, 0.4) is 0 Å². The quantitative estimate of drug-likeness (QED) is 0.230. The second kappa shape index (κ2) is 9.69. The van der Waals surface area contributed by atoms with Crippen molar-refractivity contribution in [3.05, 3.63) is 82.9 Å². The van der Waals surface area contributed by atoms with Crippen molar-refractivity contribution in [2.75, 3.05) is 5.01 Å². The van der Waals surface area contributed by atoms with Gasteiger partial charge >= 0.3 is 0 Å². The standard InChI is InChI=1S/C31H32N6/c1-21(2)17-18-36-30-12-8-7-11-26(30)27-19-23(13-16-31(27)36)22(3)34-37(24-9-5-4-6-10-24)25-14-15-28-29(20-25)33-35-32-28/h4-6,9-16,19-21H,7-8,17-18H2,1-3H3,(H,32,33,35)/b34-22-. The summed E-state index contributed by atoms with van der Waals surface area (Å²) in [7, 11) is 0. The summed E-state index contributed by atoms with van der Waals surface area (Å²) in [5.41, 5.74) is 6.97. The van der Waals surface area contributed by atoms with Gasteiger partial charge in [-0.3, -0.25) is 0 Å². The third-order valence-electron chi connectivity index (χ3n) is 7.14. The van der Waals surface area contributed by atoms with Crippen LogP contribution >= 0.6 is 0 Å². The number of benzene rings is 3. The maximum absolute atomic E-state index is 5.13. The molecule has 3 aromatic carbocycles. The van der Waals surface area contributed by atoms with E-state index in [-0.39, 0.29) is 0 Å². The molecule has 0 spiro atoms. The highest BCUT2D eigenvalue weighted by molar-refractivity contribution is 6.02. The second-order valence-corrected chi connectivity index (χ2v) is 10.2. The number of hydrogen-bond acceptors (Lipinski definition) is 4. The van der Waals surface area contributed by atoms with Crippen LogP contribution in [-0.2, 0) is 6.54 Å². The molecule has 37 heavy (non-hydrogen) atoms. The Morgan fingerprint density at radius 1 is 0.946 bits per heavy atom. The molecule has 2 heterocycles. The molecule has 0 radical (unpaired) electrons. The van der Waals surface area contributed by atoms with Crippen molar-refractivity contribution in [1.29, 1.82) is 0 Å². The van der Waals surface area contributed by atoms with Gasteiger partial charge in [0.05, 0.1) is 17.1 Å². The average molecular weight is 489 g/mol. The van der Waals surface area contributed by atoms with Crippen LogP contribution in [0.25, 0.3) is 34.1 Å². The second-order valence-electron chi connectivity index (χ2n) is 10.2. The van der Waals surface area contributed by atoms with E-state index in [2.05, 4.69) is 83.2 Å². The smallest absolute Gasteiger partial charge is 0.115 e. The van der Waals surface area contributed by atoms with E-state index in [9.17, 15) is 0 Å². The molecule has 1 N–H and O–H groups in total. The zero-order chi connectivity index (χ0) is 25.4. The third kappa shape index (κ3) is 4.44. The third-order valence-corrected chi connectivity index (χ3v) is 7.14. The molecule has 5 aromatic rings. The SMILES string of the molecule is C/C(=N/N(c1ccccc1)c1ccc2n[nH]nc2c1)c1ccc2c(c1)c1c(n2CCC(C)C)=CCCC=1. The van der Waals surface area contributed by atoms with Gasteiger partial charge in [-0.25, -0.2) is 5.01 Å². The van der Waals surface area contributed by atoms with E-state index in [0.717, 1.165) is 53.1 Å². The molecule has 186 valence electrons. The highest BCUT2D eigenvalue weighted by Crippen LogP contribution is 2.28. The van der Waals surface area contributed by atoms with Crippen molar-refractivity contribution < 1.29 is 0 Å². The molecule has 0 fully saturated rings. The van der Waals surface area contributed by atoms with Gasteiger partial charge in [0.1, 0.15) is 11.0 Å². The first-order chi connectivity index (χ1) is 18.1. The number of hydrazone groups is 1. The Morgan fingerprint density at radius 3 is 2.59 bits per heavy atom. The van der Waals surface area contributed by atoms with E-state index in [1.807, 2.05) is 41.4 Å². The predicted octanol–water partition coefficient (Wildman–Crippen LogP) is 5.88. The molecule has 0 aliphatic heterocycles. The van der Waals surface area contributed by atoms with Crippen molar-refractivity contribution in [2.45, 2.75) is 46.6 Å². The molecule has 6 rings (SSSR count). The summed E-state index contributed by atoms with van der Waals surface area (Å²) < 4.78 is 2.51. The van der Waals surface area contributed by atoms with Crippen LogP contribution < -0.4 is 15.6 Å². The number of nitrogens with one attached hydrogen (secondary N) is 1. The van der Waals surface area contributed by atoms with Gasteiger partial charge in [-0.1, -0.05) is 50.3 Å². The average Bonchev–Trinajstić information content (AvgIpc) is 3.52. The minimum Gasteiger partial charge on any atom is -0.341 e. The lowest BCUT2D eigenvalue weighted by Crippen LogP contribution is -2.31. The molecule has 1 aliphatic rings. The molecule has 0 bridgehead atoms. The van der Waals surface area contributed by atoms with E-state index in [4.69, 9.17) is 5.10 Å². The Labute approximate surface area is 216 Å². The van der Waals surface area contributed by atoms with Crippen LogP contribution in [0.4, 0.5) is 11.4 Å². The van der Waals surface area contributed by atoms with Crippen LogP contribution in [0.1, 0.15) is 45.6 Å². The normalized spacial score (nSPS) is 13.6. The number of para-hydroxylation sites is 1. The van der Waals surface area contributed by atoms with E-state index in [1.54, 1.807) is 0 Å². The first-order valence-electron chi connectivity index (χ1n) is 13.1. The maximum atomic E-state index is 5.13. The molecule has 0 saturated carbocycles. The van der Waals surface area contributed by atoms with Crippen LogP contribution in [0.2, 0.25) is 0 Å². The zero-order valence-corrected chi connectivity index (χ0v) is 21.6. The van der Waals surface area contributed by atoms with E-state index < -0.39 is 0 Å². The van der Waals surface area contributed by atoms with Crippen molar-refractivity contribution in [3.8, 4) is 0 Å². The monoisotopic (exact) mass is 488 g/mol. The number of hydrogen-bond donors (Lipinski definition) is 1. The molecule has 0 saturated heterocycles. The maximum Gasteiger partial charge on any atom is 0.115 e. The molecule has 2 aromatic heterocycles. The Hall–Kier alpha value is -4.19. The Bertz CT molecular complexity index is 1720. The van der Waals surface area contributed by atoms with Crippen LogP contribution in [-0.4, -0.2) is 25.7 Å². The van der Waals surface area contributed by atoms with Crippen LogP contribution in [0.5, 0.6) is 0 Å². The number of aromatic amines is 1. The topological polar surface area (TPSA) is 62.1 Å². The lowest BCUT2D eigenvalue weighted by molar-refractivity contribution is 0.518. The summed E-state index contributed by atoms with van der Waals surface area (Å²) in [6.07, 6.45) is 8.20. The summed E-state index contributed by atoms with van der Waals surface area (Å²) in [6.45, 7) is 7.73. The molecular weight excluding hydrogens is 456 g/mol. The molecule has 6 heteroatoms. The van der Waals surface area contributed by atoms with Crippen molar-refractivity contribution in [3.63, 3.8) is 0 Å². The number of nitrogens with zero attached hydrogens (tertiary/aromatic N) is 5. The molecular formula is C31H32N6. The number of H-pyrrole nitrogens is 1. The van der Waals surface area contributed by atoms with Gasteiger partial charge in [0, 0.05) is 28.0 Å². The lowest BCUT2D eigenvalue weighted by Gasteiger charge is -2.20. The molecule has 0 amide bonds. The van der Waals surface area contributed by atoms with Crippen molar-refractivity contribution in [1.82, 2.24) is 20.0 Å². The van der Waals surface area contributed by atoms with Gasteiger partial charge in [-0.05, 0) is 80.1 Å². The van der Waals surface area contributed by atoms with Gasteiger partial charge < -0.3 is 4.57 Å². The van der Waals surface area contributed by atoms with E-state index in [0.29, 0.717) is 5.92 Å². The van der Waals surface area contributed by atoms with Crippen LogP contribution in [0, 0.1) is 5.92 Å². The number of aryl methyl sites for hydroxylation is 1. The summed E-state index contributed by atoms with van der Waals surface area (Å²) in [4.78, 5) is 0. The zero-order valence-electron chi connectivity index (χ0n) is 21.6. The minimum absolute atomic E-state index is 0.676. The van der Waals surface area contributed by atoms with Crippen LogP contribution in [0.15, 0.2) is 71.8 Å². The largest absolute Gasteiger partial charge is 0.341 e. The molecule has 0 unspecified atom stereocenters. The lowest BCUT2D eigenvalue weighted by atomic mass is 10.1. The summed E-state index contributed by atoms with van der Waals surface area (Å²) >= 11 is 0. The Kier molecular flexibility index (Phi) is 6.08. The molecule has 1 aliphatic carbocycles. The van der Waals surface area contributed by atoms with Gasteiger partial charge in [0.2, 0.25) is 0 Å². The Morgan fingerprint density at radius 2 is 1.76 bits per heavy atom. The van der Waals surface area contributed by atoms with Crippen molar-refractivity contribution >= 4 is 51.2 Å². The number of aromatic nitrogens is 4. The fraction of sp³-hybridized carbons (Fsp3) is 0.258. The highest BCUT2D eigenvalue weighted by atomic mass is 15.5.